The minimum absolute atomic E-state index is 0.0285. The number of amides is 1. The van der Waals surface area contributed by atoms with Crippen molar-refractivity contribution in [2.24, 2.45) is 0 Å². The number of rotatable bonds is 6. The van der Waals surface area contributed by atoms with Gasteiger partial charge in [-0.2, -0.15) is 0 Å². The van der Waals surface area contributed by atoms with E-state index in [0.717, 1.165) is 15.7 Å². The van der Waals surface area contributed by atoms with Gasteiger partial charge in [-0.1, -0.05) is 22.0 Å². The van der Waals surface area contributed by atoms with E-state index in [0.29, 0.717) is 19.6 Å². The van der Waals surface area contributed by atoms with Gasteiger partial charge in [-0.3, -0.25) is 4.79 Å². The second-order valence-corrected chi connectivity index (χ2v) is 4.40. The van der Waals surface area contributed by atoms with Crippen molar-refractivity contribution in [3.8, 4) is 0 Å². The number of ether oxygens (including phenoxy) is 1. The van der Waals surface area contributed by atoms with E-state index in [1.165, 1.54) is 0 Å². The van der Waals surface area contributed by atoms with Crippen molar-refractivity contribution >= 4 is 27.5 Å². The van der Waals surface area contributed by atoms with Gasteiger partial charge in [0.05, 0.1) is 6.61 Å². The molecular formula is C12H17BrN2O2. The Hall–Kier alpha value is -1.07. The first-order chi connectivity index (χ1) is 8.19. The van der Waals surface area contributed by atoms with Crippen molar-refractivity contribution in [3.05, 3.63) is 28.2 Å². The molecular weight excluding hydrogens is 284 g/mol. The zero-order valence-corrected chi connectivity index (χ0v) is 11.6. The number of halogens is 1. The molecule has 0 fully saturated rings. The van der Waals surface area contributed by atoms with Gasteiger partial charge in [0.2, 0.25) is 5.91 Å². The average molecular weight is 301 g/mol. The third-order valence-corrected chi connectivity index (χ3v) is 3.10. The van der Waals surface area contributed by atoms with Crippen LogP contribution in [-0.4, -0.2) is 26.6 Å². The standard InChI is InChI=1S/C12H17BrN2O2/c1-14-12(16)6-7-15-11-5-3-4-10(13)9(11)8-17-2/h3-5,15H,6-8H2,1-2H3,(H,14,16). The molecule has 0 radical (unpaired) electrons. The van der Waals surface area contributed by atoms with Crippen molar-refractivity contribution in [2.45, 2.75) is 13.0 Å². The lowest BCUT2D eigenvalue weighted by molar-refractivity contribution is -0.120. The molecule has 0 atom stereocenters. The summed E-state index contributed by atoms with van der Waals surface area (Å²) in [5.74, 6) is 0.0285. The predicted molar refractivity (Wildman–Crippen MR) is 72.0 cm³/mol. The lowest BCUT2D eigenvalue weighted by atomic mass is 10.2. The van der Waals surface area contributed by atoms with Gasteiger partial charge in [0.25, 0.3) is 0 Å². The van der Waals surface area contributed by atoms with E-state index < -0.39 is 0 Å². The minimum Gasteiger partial charge on any atom is -0.384 e. The summed E-state index contributed by atoms with van der Waals surface area (Å²) >= 11 is 3.48. The lowest BCUT2D eigenvalue weighted by Crippen LogP contribution is -2.21. The third-order valence-electron chi connectivity index (χ3n) is 2.35. The normalized spacial score (nSPS) is 10.1. The van der Waals surface area contributed by atoms with Crippen LogP contribution in [0.25, 0.3) is 0 Å². The summed E-state index contributed by atoms with van der Waals surface area (Å²) in [5.41, 5.74) is 2.05. The number of hydrogen-bond acceptors (Lipinski definition) is 3. The number of carbonyl (C=O) groups excluding carboxylic acids is 1. The van der Waals surface area contributed by atoms with Gasteiger partial charge >= 0.3 is 0 Å². The average Bonchev–Trinajstić information content (AvgIpc) is 2.33. The summed E-state index contributed by atoms with van der Waals surface area (Å²) in [6.45, 7) is 1.14. The van der Waals surface area contributed by atoms with Gasteiger partial charge in [0.1, 0.15) is 0 Å². The number of hydrogen-bond donors (Lipinski definition) is 2. The molecule has 4 nitrogen and oxygen atoms in total. The van der Waals surface area contributed by atoms with Crippen LogP contribution >= 0.6 is 15.9 Å². The molecule has 5 heteroatoms. The first-order valence-electron chi connectivity index (χ1n) is 5.39. The molecule has 17 heavy (non-hydrogen) atoms. The summed E-state index contributed by atoms with van der Waals surface area (Å²) in [7, 11) is 3.30. The van der Waals surface area contributed by atoms with Gasteiger partial charge < -0.3 is 15.4 Å². The quantitative estimate of drug-likeness (QED) is 0.846. The molecule has 1 rings (SSSR count). The predicted octanol–water partition coefficient (Wildman–Crippen LogP) is 2.14. The number of nitrogens with one attached hydrogen (secondary N) is 2. The maximum absolute atomic E-state index is 11.1. The molecule has 94 valence electrons. The summed E-state index contributed by atoms with van der Waals surface area (Å²) < 4.78 is 6.15. The molecule has 0 aliphatic rings. The summed E-state index contributed by atoms with van der Waals surface area (Å²) in [4.78, 5) is 11.1. The molecule has 0 aliphatic carbocycles. The summed E-state index contributed by atoms with van der Waals surface area (Å²) in [6, 6.07) is 5.90. The first kappa shape index (κ1) is 14.0. The van der Waals surface area contributed by atoms with Crippen molar-refractivity contribution in [1.29, 1.82) is 0 Å². The van der Waals surface area contributed by atoms with Crippen LogP contribution in [0.5, 0.6) is 0 Å². The Morgan fingerprint density at radius 3 is 2.88 bits per heavy atom. The lowest BCUT2D eigenvalue weighted by Gasteiger charge is -2.12. The highest BCUT2D eigenvalue weighted by molar-refractivity contribution is 9.10. The molecule has 0 aliphatic heterocycles. The molecule has 0 bridgehead atoms. The maximum atomic E-state index is 11.1. The number of anilines is 1. The van der Waals surface area contributed by atoms with Gasteiger partial charge in [0, 0.05) is 42.8 Å². The molecule has 1 aromatic carbocycles. The van der Waals surface area contributed by atoms with Crippen LogP contribution in [0, 0.1) is 0 Å². The van der Waals surface area contributed by atoms with Crippen LogP contribution in [0.1, 0.15) is 12.0 Å². The molecule has 1 aromatic rings. The topological polar surface area (TPSA) is 50.4 Å². The van der Waals surface area contributed by atoms with E-state index in [1.807, 2.05) is 18.2 Å². The fraction of sp³-hybridized carbons (Fsp3) is 0.417. The second kappa shape index (κ2) is 7.29. The number of benzene rings is 1. The van der Waals surface area contributed by atoms with Crippen molar-refractivity contribution in [3.63, 3.8) is 0 Å². The highest BCUT2D eigenvalue weighted by Crippen LogP contribution is 2.25. The van der Waals surface area contributed by atoms with Crippen molar-refractivity contribution in [1.82, 2.24) is 5.32 Å². The zero-order valence-electron chi connectivity index (χ0n) is 10.0. The Labute approximate surface area is 110 Å². The minimum atomic E-state index is 0.0285. The summed E-state index contributed by atoms with van der Waals surface area (Å²) in [5, 5.41) is 5.82. The van der Waals surface area contributed by atoms with E-state index in [9.17, 15) is 4.79 Å². The van der Waals surface area contributed by atoms with Gasteiger partial charge in [-0.25, -0.2) is 0 Å². The van der Waals surface area contributed by atoms with Crippen LogP contribution in [0.3, 0.4) is 0 Å². The van der Waals surface area contributed by atoms with E-state index in [1.54, 1.807) is 14.2 Å². The Kier molecular flexibility index (Phi) is 6.00. The summed E-state index contributed by atoms with van der Waals surface area (Å²) in [6.07, 6.45) is 0.454. The van der Waals surface area contributed by atoms with Crippen LogP contribution in [-0.2, 0) is 16.1 Å². The third kappa shape index (κ3) is 4.36. The van der Waals surface area contributed by atoms with Gasteiger partial charge in [-0.15, -0.1) is 0 Å². The van der Waals surface area contributed by atoms with E-state index in [4.69, 9.17) is 4.74 Å². The van der Waals surface area contributed by atoms with E-state index in [-0.39, 0.29) is 5.91 Å². The van der Waals surface area contributed by atoms with Crippen LogP contribution < -0.4 is 10.6 Å². The van der Waals surface area contributed by atoms with Crippen LogP contribution in [0.2, 0.25) is 0 Å². The smallest absolute Gasteiger partial charge is 0.221 e. The monoisotopic (exact) mass is 300 g/mol. The van der Waals surface area contributed by atoms with Gasteiger partial charge in [-0.05, 0) is 12.1 Å². The van der Waals surface area contributed by atoms with Crippen LogP contribution in [0.15, 0.2) is 22.7 Å². The SMILES string of the molecule is CNC(=O)CCNc1cccc(Br)c1COC. The largest absolute Gasteiger partial charge is 0.384 e. The zero-order chi connectivity index (χ0) is 12.7. The molecule has 0 aromatic heterocycles. The fourth-order valence-corrected chi connectivity index (χ4v) is 1.93. The highest BCUT2D eigenvalue weighted by Gasteiger charge is 2.06. The number of methoxy groups -OCH3 is 1. The first-order valence-corrected chi connectivity index (χ1v) is 6.19. The van der Waals surface area contributed by atoms with Gasteiger partial charge in [0.15, 0.2) is 0 Å². The Bertz CT molecular complexity index is 383. The van der Waals surface area contributed by atoms with Crippen molar-refractivity contribution in [2.75, 3.05) is 26.0 Å². The Morgan fingerprint density at radius 1 is 1.47 bits per heavy atom. The molecule has 1 amide bonds. The Morgan fingerprint density at radius 2 is 2.24 bits per heavy atom. The molecule has 2 N–H and O–H groups in total. The highest BCUT2D eigenvalue weighted by atomic mass is 79.9. The van der Waals surface area contributed by atoms with Crippen LogP contribution in [0.4, 0.5) is 5.69 Å². The van der Waals surface area contributed by atoms with Crippen molar-refractivity contribution < 1.29 is 9.53 Å². The maximum Gasteiger partial charge on any atom is 0.221 e. The Balaban J connectivity index is 2.63. The van der Waals surface area contributed by atoms with E-state index >= 15 is 0 Å². The molecule has 0 saturated heterocycles. The number of carbonyl (C=O) groups is 1. The molecule has 0 saturated carbocycles. The molecule has 0 spiro atoms. The molecule has 0 unspecified atom stereocenters. The fourth-order valence-electron chi connectivity index (χ4n) is 1.45. The second-order valence-electron chi connectivity index (χ2n) is 3.55. The van der Waals surface area contributed by atoms with E-state index in [2.05, 4.69) is 26.6 Å². The molecule has 0 heterocycles.